The van der Waals surface area contributed by atoms with Crippen molar-refractivity contribution in [3.63, 3.8) is 0 Å². The van der Waals surface area contributed by atoms with E-state index in [4.69, 9.17) is 5.73 Å². The van der Waals surface area contributed by atoms with Gasteiger partial charge in [0.1, 0.15) is 0 Å². The largest absolute Gasteiger partial charge is 0.370 e. The number of carbonyl (C=O) groups is 1. The third-order valence-corrected chi connectivity index (χ3v) is 3.22. The van der Waals surface area contributed by atoms with Crippen molar-refractivity contribution in [1.29, 1.82) is 0 Å². The number of guanidine groups is 1. The maximum atomic E-state index is 11.6. The summed E-state index contributed by atoms with van der Waals surface area (Å²) in [7, 11) is 1.68. The van der Waals surface area contributed by atoms with Crippen molar-refractivity contribution < 1.29 is 4.79 Å². The summed E-state index contributed by atoms with van der Waals surface area (Å²) >= 11 is 0. The smallest absolute Gasteiger partial charge is 0.224 e. The first-order valence-corrected chi connectivity index (χ1v) is 6.00. The van der Waals surface area contributed by atoms with Crippen LogP contribution >= 0.6 is 0 Å². The van der Waals surface area contributed by atoms with Gasteiger partial charge in [0.15, 0.2) is 5.96 Å². The Bertz CT molecular complexity index is 298. The molecule has 0 aromatic carbocycles. The quantitative estimate of drug-likeness (QED) is 0.509. The van der Waals surface area contributed by atoms with E-state index in [0.717, 1.165) is 32.2 Å². The molecule has 0 aromatic rings. The Balaban J connectivity index is 1.92. The number of hydrogen-bond donors (Lipinski definition) is 2. The Hall–Kier alpha value is -1.26. The molecule has 5 heteroatoms. The van der Waals surface area contributed by atoms with Crippen LogP contribution in [-0.2, 0) is 4.79 Å². The first kappa shape index (κ1) is 11.2. The fraction of sp³-hybridized carbons (Fsp3) is 0.818. The van der Waals surface area contributed by atoms with Gasteiger partial charge in [-0.05, 0) is 25.7 Å². The van der Waals surface area contributed by atoms with E-state index in [1.165, 1.54) is 0 Å². The molecular formula is C11H20N4O. The summed E-state index contributed by atoms with van der Waals surface area (Å²) in [5.74, 6) is 0.798. The molecule has 2 rings (SSSR count). The van der Waals surface area contributed by atoms with Crippen LogP contribution in [0, 0.1) is 5.92 Å². The van der Waals surface area contributed by atoms with Gasteiger partial charge in [-0.15, -0.1) is 0 Å². The molecule has 2 fully saturated rings. The van der Waals surface area contributed by atoms with Crippen molar-refractivity contribution in [2.45, 2.75) is 31.7 Å². The van der Waals surface area contributed by atoms with Crippen LogP contribution in [0.1, 0.15) is 25.7 Å². The summed E-state index contributed by atoms with van der Waals surface area (Å²) in [4.78, 5) is 18.0. The van der Waals surface area contributed by atoms with E-state index in [2.05, 4.69) is 10.3 Å². The minimum atomic E-state index is 0.0618. The lowest BCUT2D eigenvalue weighted by Crippen LogP contribution is -2.47. The van der Waals surface area contributed by atoms with Gasteiger partial charge in [-0.25, -0.2) is 4.99 Å². The normalized spacial score (nSPS) is 26.7. The Labute approximate surface area is 96.1 Å². The predicted molar refractivity (Wildman–Crippen MR) is 63.0 cm³/mol. The molecule has 90 valence electrons. The number of nitrogens with zero attached hydrogens (tertiary/aromatic N) is 2. The standard InChI is InChI=1S/C11H20N4O/c1-13-10(16)8-3-2-6-15(7-8)11(12)14-9-4-5-9/h8-9H,2-7H2,1H3,(H2,12,14)(H,13,16). The van der Waals surface area contributed by atoms with Crippen molar-refractivity contribution in [2.75, 3.05) is 20.1 Å². The van der Waals surface area contributed by atoms with E-state index in [0.29, 0.717) is 18.5 Å². The van der Waals surface area contributed by atoms with Gasteiger partial charge in [0.25, 0.3) is 0 Å². The summed E-state index contributed by atoms with van der Waals surface area (Å²) in [5.41, 5.74) is 5.94. The molecule has 1 unspecified atom stereocenters. The Morgan fingerprint density at radius 3 is 2.81 bits per heavy atom. The van der Waals surface area contributed by atoms with Crippen LogP contribution in [0.25, 0.3) is 0 Å². The summed E-state index contributed by atoms with van der Waals surface area (Å²) in [5, 5.41) is 2.70. The zero-order valence-corrected chi connectivity index (χ0v) is 9.78. The lowest BCUT2D eigenvalue weighted by atomic mass is 9.97. The molecule has 1 aliphatic carbocycles. The molecule has 1 aliphatic heterocycles. The first-order chi connectivity index (χ1) is 7.70. The van der Waals surface area contributed by atoms with Gasteiger partial charge in [-0.3, -0.25) is 4.79 Å². The third-order valence-electron chi connectivity index (χ3n) is 3.22. The Kier molecular flexibility index (Phi) is 3.31. The highest BCUT2D eigenvalue weighted by molar-refractivity contribution is 5.82. The molecule has 0 aromatic heterocycles. The molecule has 1 heterocycles. The summed E-state index contributed by atoms with van der Waals surface area (Å²) in [6, 6.07) is 0.445. The Morgan fingerprint density at radius 2 is 2.19 bits per heavy atom. The number of rotatable bonds is 2. The molecule has 0 bridgehead atoms. The fourth-order valence-electron chi connectivity index (χ4n) is 2.08. The summed E-state index contributed by atoms with van der Waals surface area (Å²) in [6.45, 7) is 1.64. The van der Waals surface area contributed by atoms with Crippen molar-refractivity contribution in [3.05, 3.63) is 0 Å². The van der Waals surface area contributed by atoms with Crippen LogP contribution < -0.4 is 11.1 Å². The van der Waals surface area contributed by atoms with Crippen LogP contribution in [0.3, 0.4) is 0 Å². The third kappa shape index (κ3) is 2.65. The van der Waals surface area contributed by atoms with E-state index in [1.807, 2.05) is 4.90 Å². The number of nitrogens with two attached hydrogens (primary N) is 1. The van der Waals surface area contributed by atoms with E-state index in [9.17, 15) is 4.79 Å². The first-order valence-electron chi connectivity index (χ1n) is 6.00. The predicted octanol–water partition coefficient (Wildman–Crippen LogP) is -0.0785. The fourth-order valence-corrected chi connectivity index (χ4v) is 2.08. The molecular weight excluding hydrogens is 204 g/mol. The molecule has 3 N–H and O–H groups in total. The highest BCUT2D eigenvalue weighted by Gasteiger charge is 2.27. The molecule has 1 amide bonds. The molecule has 16 heavy (non-hydrogen) atoms. The zero-order valence-electron chi connectivity index (χ0n) is 9.78. The van der Waals surface area contributed by atoms with Crippen molar-refractivity contribution in [2.24, 2.45) is 16.6 Å². The number of aliphatic imine (C=N–C) groups is 1. The van der Waals surface area contributed by atoms with Gasteiger partial charge in [0.05, 0.1) is 12.0 Å². The van der Waals surface area contributed by atoms with Gasteiger partial charge < -0.3 is 16.0 Å². The minimum absolute atomic E-state index is 0.0618. The van der Waals surface area contributed by atoms with Crippen LogP contribution in [0.5, 0.6) is 0 Å². The molecule has 0 spiro atoms. The molecule has 1 saturated heterocycles. The van der Waals surface area contributed by atoms with E-state index >= 15 is 0 Å². The monoisotopic (exact) mass is 224 g/mol. The van der Waals surface area contributed by atoms with Gasteiger partial charge in [0, 0.05) is 20.1 Å². The molecule has 2 aliphatic rings. The summed E-state index contributed by atoms with van der Waals surface area (Å²) < 4.78 is 0. The number of amides is 1. The molecule has 0 radical (unpaired) electrons. The van der Waals surface area contributed by atoms with E-state index in [-0.39, 0.29) is 11.8 Å². The van der Waals surface area contributed by atoms with Crippen LogP contribution in [0.2, 0.25) is 0 Å². The average Bonchev–Trinajstić information content (AvgIpc) is 3.12. The van der Waals surface area contributed by atoms with Crippen molar-refractivity contribution in [1.82, 2.24) is 10.2 Å². The van der Waals surface area contributed by atoms with Crippen LogP contribution in [0.15, 0.2) is 4.99 Å². The second-order valence-corrected chi connectivity index (χ2v) is 4.62. The molecule has 1 saturated carbocycles. The number of piperidine rings is 1. The minimum Gasteiger partial charge on any atom is -0.370 e. The van der Waals surface area contributed by atoms with Gasteiger partial charge in [0.2, 0.25) is 5.91 Å². The zero-order chi connectivity index (χ0) is 11.5. The number of likely N-dealkylation sites (tertiary alicyclic amines) is 1. The second-order valence-electron chi connectivity index (χ2n) is 4.62. The maximum Gasteiger partial charge on any atom is 0.224 e. The number of carbonyl (C=O) groups excluding carboxylic acids is 1. The lowest BCUT2D eigenvalue weighted by Gasteiger charge is -2.32. The van der Waals surface area contributed by atoms with Gasteiger partial charge in [-0.1, -0.05) is 0 Å². The average molecular weight is 224 g/mol. The lowest BCUT2D eigenvalue weighted by molar-refractivity contribution is -0.125. The van der Waals surface area contributed by atoms with Crippen LogP contribution in [-0.4, -0.2) is 42.9 Å². The SMILES string of the molecule is CNC(=O)C1CCCN(C(N)=NC2CC2)C1. The number of hydrogen-bond acceptors (Lipinski definition) is 2. The van der Waals surface area contributed by atoms with Gasteiger partial charge >= 0.3 is 0 Å². The molecule has 1 atom stereocenters. The summed E-state index contributed by atoms with van der Waals surface area (Å²) in [6.07, 6.45) is 4.28. The van der Waals surface area contributed by atoms with Gasteiger partial charge in [-0.2, -0.15) is 0 Å². The highest BCUT2D eigenvalue weighted by atomic mass is 16.1. The maximum absolute atomic E-state index is 11.6. The number of nitrogens with one attached hydrogen (secondary N) is 1. The Morgan fingerprint density at radius 1 is 1.44 bits per heavy atom. The molecule has 5 nitrogen and oxygen atoms in total. The second kappa shape index (κ2) is 4.72. The topological polar surface area (TPSA) is 70.7 Å². The van der Waals surface area contributed by atoms with Crippen LogP contribution in [0.4, 0.5) is 0 Å². The van der Waals surface area contributed by atoms with E-state index in [1.54, 1.807) is 7.05 Å². The van der Waals surface area contributed by atoms with Crippen molar-refractivity contribution in [3.8, 4) is 0 Å². The van der Waals surface area contributed by atoms with Crippen molar-refractivity contribution >= 4 is 11.9 Å². The van der Waals surface area contributed by atoms with E-state index < -0.39 is 0 Å². The highest BCUT2D eigenvalue weighted by Crippen LogP contribution is 2.24.